The maximum absolute atomic E-state index is 12.6. The number of likely N-dealkylation sites (N-methyl/N-ethyl adjacent to an activating group) is 1. The van der Waals surface area contributed by atoms with E-state index in [4.69, 9.17) is 5.73 Å². The summed E-state index contributed by atoms with van der Waals surface area (Å²) in [6, 6.07) is 7.06. The van der Waals surface area contributed by atoms with Crippen LogP contribution in [0.2, 0.25) is 0 Å². The lowest BCUT2D eigenvalue weighted by molar-refractivity contribution is -0.124. The summed E-state index contributed by atoms with van der Waals surface area (Å²) in [5.41, 5.74) is 7.00. The van der Waals surface area contributed by atoms with Crippen molar-refractivity contribution >= 4 is 17.5 Å². The fourth-order valence-electron chi connectivity index (χ4n) is 2.47. The third-order valence-corrected chi connectivity index (χ3v) is 3.87. The van der Waals surface area contributed by atoms with Gasteiger partial charge in [-0.25, -0.2) is 0 Å². The van der Waals surface area contributed by atoms with Gasteiger partial charge in [-0.2, -0.15) is 0 Å². The van der Waals surface area contributed by atoms with E-state index < -0.39 is 11.9 Å². The Labute approximate surface area is 125 Å². The molecule has 1 heterocycles. The zero-order valence-corrected chi connectivity index (χ0v) is 12.7. The number of hydrogen-bond acceptors (Lipinski definition) is 4. The molecule has 6 heteroatoms. The smallest absolute Gasteiger partial charge is 0.254 e. The molecule has 1 atom stereocenters. The molecule has 0 aliphatic carbocycles. The van der Waals surface area contributed by atoms with Crippen LogP contribution in [0.4, 0.5) is 5.69 Å². The summed E-state index contributed by atoms with van der Waals surface area (Å²) in [5.74, 6) is -0.449. The van der Waals surface area contributed by atoms with Crippen LogP contribution in [-0.4, -0.2) is 68.4 Å². The molecule has 1 fully saturated rings. The molecule has 6 nitrogen and oxygen atoms in total. The number of amides is 2. The van der Waals surface area contributed by atoms with Gasteiger partial charge in [0, 0.05) is 45.0 Å². The second kappa shape index (κ2) is 6.13. The standard InChI is InChI=1S/C15H22N4O2/c1-17(2)12-6-4-5-11(9-12)15(21)19-8-7-18(3)13(10-19)14(16)20/h4-6,9,13H,7-8,10H2,1-3H3,(H2,16,20). The van der Waals surface area contributed by atoms with Crippen molar-refractivity contribution in [3.8, 4) is 0 Å². The quantitative estimate of drug-likeness (QED) is 0.850. The maximum atomic E-state index is 12.6. The number of nitrogens with two attached hydrogens (primary N) is 1. The van der Waals surface area contributed by atoms with Crippen molar-refractivity contribution in [3.63, 3.8) is 0 Å². The predicted molar refractivity (Wildman–Crippen MR) is 82.3 cm³/mol. The van der Waals surface area contributed by atoms with Crippen molar-refractivity contribution in [2.45, 2.75) is 6.04 Å². The van der Waals surface area contributed by atoms with E-state index >= 15 is 0 Å². The van der Waals surface area contributed by atoms with Gasteiger partial charge in [0.1, 0.15) is 6.04 Å². The van der Waals surface area contributed by atoms with Crippen molar-refractivity contribution < 1.29 is 9.59 Å². The fourth-order valence-corrected chi connectivity index (χ4v) is 2.47. The monoisotopic (exact) mass is 290 g/mol. The molecule has 1 aliphatic rings. The SMILES string of the molecule is CN(C)c1cccc(C(=O)N2CCN(C)C(C(N)=O)C2)c1. The Balaban J connectivity index is 2.16. The molecule has 0 bridgehead atoms. The molecular formula is C15H22N4O2. The van der Waals surface area contributed by atoms with Gasteiger partial charge < -0.3 is 15.5 Å². The van der Waals surface area contributed by atoms with Crippen LogP contribution in [0.15, 0.2) is 24.3 Å². The summed E-state index contributed by atoms with van der Waals surface area (Å²) < 4.78 is 0. The van der Waals surface area contributed by atoms with Gasteiger partial charge in [-0.05, 0) is 25.2 Å². The first-order valence-corrected chi connectivity index (χ1v) is 6.96. The molecule has 1 aromatic carbocycles. The van der Waals surface area contributed by atoms with Crippen LogP contribution in [0.3, 0.4) is 0 Å². The van der Waals surface area contributed by atoms with E-state index in [2.05, 4.69) is 0 Å². The van der Waals surface area contributed by atoms with Crippen LogP contribution in [0, 0.1) is 0 Å². The van der Waals surface area contributed by atoms with Gasteiger partial charge in [0.15, 0.2) is 0 Å². The lowest BCUT2D eigenvalue weighted by Crippen LogP contribution is -2.57. The highest BCUT2D eigenvalue weighted by Crippen LogP contribution is 2.17. The molecule has 0 radical (unpaired) electrons. The molecule has 0 saturated carbocycles. The minimum absolute atomic E-state index is 0.0574. The van der Waals surface area contributed by atoms with Gasteiger partial charge in [-0.3, -0.25) is 14.5 Å². The van der Waals surface area contributed by atoms with Crippen LogP contribution < -0.4 is 10.6 Å². The molecule has 1 aliphatic heterocycles. The van der Waals surface area contributed by atoms with Crippen LogP contribution in [0.5, 0.6) is 0 Å². The van der Waals surface area contributed by atoms with E-state index in [1.165, 1.54) is 0 Å². The van der Waals surface area contributed by atoms with Crippen molar-refractivity contribution in [2.75, 3.05) is 45.7 Å². The van der Waals surface area contributed by atoms with Crippen LogP contribution >= 0.6 is 0 Å². The van der Waals surface area contributed by atoms with Gasteiger partial charge in [-0.15, -0.1) is 0 Å². The Morgan fingerprint density at radius 3 is 2.62 bits per heavy atom. The Kier molecular flexibility index (Phi) is 4.47. The summed E-state index contributed by atoms with van der Waals surface area (Å²) in [5, 5.41) is 0. The van der Waals surface area contributed by atoms with E-state index in [1.54, 1.807) is 11.0 Å². The highest BCUT2D eigenvalue weighted by atomic mass is 16.2. The van der Waals surface area contributed by atoms with E-state index in [9.17, 15) is 9.59 Å². The van der Waals surface area contributed by atoms with Gasteiger partial charge in [0.25, 0.3) is 5.91 Å². The van der Waals surface area contributed by atoms with Gasteiger partial charge >= 0.3 is 0 Å². The molecule has 1 unspecified atom stereocenters. The second-order valence-corrected chi connectivity index (χ2v) is 5.59. The summed E-state index contributed by atoms with van der Waals surface area (Å²) in [6.45, 7) is 1.59. The third-order valence-electron chi connectivity index (χ3n) is 3.87. The second-order valence-electron chi connectivity index (χ2n) is 5.59. The average Bonchev–Trinajstić information content (AvgIpc) is 2.46. The van der Waals surface area contributed by atoms with Crippen LogP contribution in [-0.2, 0) is 4.79 Å². The molecular weight excluding hydrogens is 268 g/mol. The summed E-state index contributed by atoms with van der Waals surface area (Å²) in [6.07, 6.45) is 0. The number of carbonyl (C=O) groups excluding carboxylic acids is 2. The first kappa shape index (κ1) is 15.3. The maximum Gasteiger partial charge on any atom is 0.254 e. The van der Waals surface area contributed by atoms with E-state index in [-0.39, 0.29) is 5.91 Å². The molecule has 1 saturated heterocycles. The zero-order valence-electron chi connectivity index (χ0n) is 12.7. The summed E-state index contributed by atoms with van der Waals surface area (Å²) >= 11 is 0. The zero-order chi connectivity index (χ0) is 15.6. The summed E-state index contributed by atoms with van der Waals surface area (Å²) in [4.78, 5) is 29.6. The van der Waals surface area contributed by atoms with Crippen LogP contribution in [0.25, 0.3) is 0 Å². The van der Waals surface area contributed by atoms with E-state index in [1.807, 2.05) is 49.1 Å². The number of primary amides is 1. The minimum Gasteiger partial charge on any atom is -0.378 e. The molecule has 2 N–H and O–H groups in total. The number of carbonyl (C=O) groups is 2. The van der Waals surface area contributed by atoms with Gasteiger partial charge in [0.2, 0.25) is 5.91 Å². The molecule has 2 amide bonds. The molecule has 0 aromatic heterocycles. The number of hydrogen-bond donors (Lipinski definition) is 1. The average molecular weight is 290 g/mol. The highest BCUT2D eigenvalue weighted by molar-refractivity contribution is 5.95. The summed E-state index contributed by atoms with van der Waals surface area (Å²) in [7, 11) is 5.72. The Hall–Kier alpha value is -2.08. The molecule has 21 heavy (non-hydrogen) atoms. The minimum atomic E-state index is -0.417. The lowest BCUT2D eigenvalue weighted by atomic mass is 10.1. The lowest BCUT2D eigenvalue weighted by Gasteiger charge is -2.37. The molecule has 0 spiro atoms. The Bertz CT molecular complexity index is 544. The largest absolute Gasteiger partial charge is 0.378 e. The van der Waals surface area contributed by atoms with Crippen molar-refractivity contribution in [1.29, 1.82) is 0 Å². The van der Waals surface area contributed by atoms with E-state index in [0.717, 1.165) is 5.69 Å². The Morgan fingerprint density at radius 2 is 2.00 bits per heavy atom. The molecule has 114 valence electrons. The highest BCUT2D eigenvalue weighted by Gasteiger charge is 2.31. The fraction of sp³-hybridized carbons (Fsp3) is 0.467. The number of nitrogens with zero attached hydrogens (tertiary/aromatic N) is 3. The number of anilines is 1. The molecule has 1 aromatic rings. The first-order valence-electron chi connectivity index (χ1n) is 6.96. The third kappa shape index (κ3) is 3.33. The van der Waals surface area contributed by atoms with Crippen molar-refractivity contribution in [2.24, 2.45) is 5.73 Å². The van der Waals surface area contributed by atoms with Crippen molar-refractivity contribution in [3.05, 3.63) is 29.8 Å². The number of rotatable bonds is 3. The topological polar surface area (TPSA) is 69.9 Å². The predicted octanol–water partition coefficient (Wildman–Crippen LogP) is -0.00590. The molecule has 2 rings (SSSR count). The number of piperazine rings is 1. The van der Waals surface area contributed by atoms with E-state index in [0.29, 0.717) is 25.2 Å². The van der Waals surface area contributed by atoms with Gasteiger partial charge in [0.05, 0.1) is 0 Å². The van der Waals surface area contributed by atoms with Crippen LogP contribution in [0.1, 0.15) is 10.4 Å². The first-order chi connectivity index (χ1) is 9.90. The normalized spacial score (nSPS) is 19.4. The Morgan fingerprint density at radius 1 is 1.29 bits per heavy atom. The number of benzene rings is 1. The van der Waals surface area contributed by atoms with Gasteiger partial charge in [-0.1, -0.05) is 6.07 Å². The van der Waals surface area contributed by atoms with Crippen molar-refractivity contribution in [1.82, 2.24) is 9.80 Å².